The Hall–Kier alpha value is -2.08. The molecule has 0 spiro atoms. The lowest BCUT2D eigenvalue weighted by atomic mass is 10.1. The maximum Gasteiger partial charge on any atom is 0.326 e. The molecule has 1 aromatic rings. The number of carbonyl (C=O) groups is 2. The molecular formula is C13H15NO5. The van der Waals surface area contributed by atoms with Crippen molar-refractivity contribution in [2.45, 2.75) is 25.5 Å². The Kier molecular flexibility index (Phi) is 3.44. The fourth-order valence-corrected chi connectivity index (χ4v) is 2.26. The third kappa shape index (κ3) is 2.39. The van der Waals surface area contributed by atoms with Crippen LogP contribution in [-0.4, -0.2) is 50.8 Å². The van der Waals surface area contributed by atoms with Crippen molar-refractivity contribution in [1.29, 1.82) is 0 Å². The summed E-state index contributed by atoms with van der Waals surface area (Å²) in [5.41, 5.74) is 0.595. The number of amides is 1. The summed E-state index contributed by atoms with van der Waals surface area (Å²) < 4.78 is 0. The summed E-state index contributed by atoms with van der Waals surface area (Å²) in [4.78, 5) is 24.4. The number of hydrogen-bond acceptors (Lipinski definition) is 4. The van der Waals surface area contributed by atoms with Crippen molar-refractivity contribution in [2.24, 2.45) is 0 Å². The van der Waals surface area contributed by atoms with Crippen LogP contribution in [0.1, 0.15) is 22.3 Å². The van der Waals surface area contributed by atoms with Crippen molar-refractivity contribution in [3.05, 3.63) is 29.3 Å². The predicted octanol–water partition coefficient (Wildman–Crippen LogP) is 0.361. The molecule has 6 nitrogen and oxygen atoms in total. The summed E-state index contributed by atoms with van der Waals surface area (Å²) in [5.74, 6) is -1.89. The van der Waals surface area contributed by atoms with Gasteiger partial charge >= 0.3 is 5.97 Å². The molecule has 1 amide bonds. The van der Waals surface area contributed by atoms with Gasteiger partial charge in [-0.3, -0.25) is 4.79 Å². The van der Waals surface area contributed by atoms with Crippen molar-refractivity contribution in [3.63, 3.8) is 0 Å². The highest BCUT2D eigenvalue weighted by Gasteiger charge is 2.39. The van der Waals surface area contributed by atoms with Gasteiger partial charge in [-0.1, -0.05) is 12.1 Å². The Bertz CT molecular complexity index is 528. The molecule has 2 rings (SSSR count). The topological polar surface area (TPSA) is 98.1 Å². The first kappa shape index (κ1) is 13.4. The molecule has 1 heterocycles. The number of β-amino-alcohol motifs (C(OH)–C–C–N with tert-alkyl or cyclic N) is 1. The molecule has 0 radical (unpaired) electrons. The zero-order valence-corrected chi connectivity index (χ0v) is 10.4. The fraction of sp³-hybridized carbons (Fsp3) is 0.385. The second-order valence-electron chi connectivity index (χ2n) is 4.67. The minimum Gasteiger partial charge on any atom is -0.507 e. The summed E-state index contributed by atoms with van der Waals surface area (Å²) >= 11 is 0. The minimum atomic E-state index is -1.16. The molecule has 19 heavy (non-hydrogen) atoms. The van der Waals surface area contributed by atoms with E-state index in [0.29, 0.717) is 5.56 Å². The van der Waals surface area contributed by atoms with E-state index < -0.39 is 24.0 Å². The quantitative estimate of drug-likeness (QED) is 0.717. The van der Waals surface area contributed by atoms with Crippen LogP contribution in [-0.2, 0) is 4.79 Å². The van der Waals surface area contributed by atoms with Gasteiger partial charge in [0.25, 0.3) is 5.91 Å². The molecule has 2 atom stereocenters. The molecule has 3 N–H and O–H groups in total. The number of aromatic hydroxyl groups is 1. The second kappa shape index (κ2) is 4.89. The first-order valence-electron chi connectivity index (χ1n) is 5.92. The van der Waals surface area contributed by atoms with Gasteiger partial charge in [-0.15, -0.1) is 0 Å². The number of aliphatic hydroxyl groups excluding tert-OH is 1. The summed E-state index contributed by atoms with van der Waals surface area (Å²) in [6.07, 6.45) is -0.842. The Morgan fingerprint density at radius 3 is 2.68 bits per heavy atom. The SMILES string of the molecule is Cc1cccc(C(=O)N2C[C@H](O)C[C@@H]2C(=O)O)c1O. The van der Waals surface area contributed by atoms with Crippen LogP contribution in [0.15, 0.2) is 18.2 Å². The molecule has 0 aliphatic carbocycles. The number of phenolic OH excluding ortho intramolecular Hbond substituents is 1. The average Bonchev–Trinajstić information content (AvgIpc) is 2.74. The van der Waals surface area contributed by atoms with E-state index in [-0.39, 0.29) is 24.3 Å². The number of nitrogens with zero attached hydrogens (tertiary/aromatic N) is 1. The number of aliphatic carboxylic acids is 1. The summed E-state index contributed by atoms with van der Waals surface area (Å²) in [5, 5.41) is 28.4. The average molecular weight is 265 g/mol. The van der Waals surface area contributed by atoms with Crippen LogP contribution in [0.2, 0.25) is 0 Å². The van der Waals surface area contributed by atoms with E-state index in [1.165, 1.54) is 6.07 Å². The number of carboxylic acids is 1. The van der Waals surface area contributed by atoms with Crippen molar-refractivity contribution in [2.75, 3.05) is 6.54 Å². The monoisotopic (exact) mass is 265 g/mol. The standard InChI is InChI=1S/C13H15NO5/c1-7-3-2-4-9(11(7)16)12(17)14-6-8(15)5-10(14)13(18)19/h2-4,8,10,15-16H,5-6H2,1H3,(H,18,19)/t8-,10-/m1/s1. The Balaban J connectivity index is 2.33. The zero-order chi connectivity index (χ0) is 14.2. The van der Waals surface area contributed by atoms with Crippen molar-refractivity contribution in [3.8, 4) is 5.75 Å². The summed E-state index contributed by atoms with van der Waals surface area (Å²) in [6.45, 7) is 1.61. The van der Waals surface area contributed by atoms with Gasteiger partial charge in [0.15, 0.2) is 0 Å². The van der Waals surface area contributed by atoms with Crippen LogP contribution < -0.4 is 0 Å². The highest BCUT2D eigenvalue weighted by Crippen LogP contribution is 2.27. The number of aryl methyl sites for hydroxylation is 1. The number of likely N-dealkylation sites (tertiary alicyclic amines) is 1. The number of hydrogen-bond donors (Lipinski definition) is 3. The maximum atomic E-state index is 12.3. The van der Waals surface area contributed by atoms with Crippen LogP contribution in [0.5, 0.6) is 5.75 Å². The van der Waals surface area contributed by atoms with Gasteiger partial charge in [-0.05, 0) is 18.6 Å². The number of carbonyl (C=O) groups excluding carboxylic acids is 1. The van der Waals surface area contributed by atoms with Gasteiger partial charge in [-0.2, -0.15) is 0 Å². The van der Waals surface area contributed by atoms with Gasteiger partial charge in [-0.25, -0.2) is 4.79 Å². The van der Waals surface area contributed by atoms with Gasteiger partial charge in [0.05, 0.1) is 11.7 Å². The number of aliphatic hydroxyl groups is 1. The number of carboxylic acid groups (broad SMARTS) is 1. The largest absolute Gasteiger partial charge is 0.507 e. The van der Waals surface area contributed by atoms with Crippen molar-refractivity contribution in [1.82, 2.24) is 4.90 Å². The van der Waals surface area contributed by atoms with Crippen LogP contribution >= 0.6 is 0 Å². The number of rotatable bonds is 2. The molecule has 0 unspecified atom stereocenters. The summed E-state index contributed by atoms with van der Waals surface area (Å²) in [7, 11) is 0. The number of phenols is 1. The van der Waals surface area contributed by atoms with Crippen LogP contribution in [0.4, 0.5) is 0 Å². The molecule has 0 saturated carbocycles. The molecule has 1 aromatic carbocycles. The lowest BCUT2D eigenvalue weighted by Gasteiger charge is -2.21. The van der Waals surface area contributed by atoms with Crippen LogP contribution in [0.3, 0.4) is 0 Å². The highest BCUT2D eigenvalue weighted by molar-refractivity contribution is 5.99. The third-order valence-corrected chi connectivity index (χ3v) is 3.29. The fourth-order valence-electron chi connectivity index (χ4n) is 2.26. The highest BCUT2D eigenvalue weighted by atomic mass is 16.4. The van der Waals surface area contributed by atoms with Crippen LogP contribution in [0, 0.1) is 6.92 Å². The van der Waals surface area contributed by atoms with Gasteiger partial charge in [0, 0.05) is 13.0 Å². The normalized spacial score (nSPS) is 22.5. The van der Waals surface area contributed by atoms with E-state index in [1.807, 2.05) is 0 Å². The lowest BCUT2D eigenvalue weighted by Crippen LogP contribution is -2.40. The maximum absolute atomic E-state index is 12.3. The smallest absolute Gasteiger partial charge is 0.326 e. The minimum absolute atomic E-state index is 0.00759. The molecule has 102 valence electrons. The number of benzene rings is 1. The van der Waals surface area contributed by atoms with Crippen molar-refractivity contribution >= 4 is 11.9 Å². The van der Waals surface area contributed by atoms with E-state index in [0.717, 1.165) is 4.90 Å². The van der Waals surface area contributed by atoms with E-state index in [1.54, 1.807) is 19.1 Å². The summed E-state index contributed by atoms with van der Waals surface area (Å²) in [6, 6.07) is 3.65. The molecule has 1 aliphatic rings. The molecule has 1 aliphatic heterocycles. The van der Waals surface area contributed by atoms with E-state index in [2.05, 4.69) is 0 Å². The predicted molar refractivity (Wildman–Crippen MR) is 65.9 cm³/mol. The van der Waals surface area contributed by atoms with Gasteiger partial charge in [0.1, 0.15) is 11.8 Å². The zero-order valence-electron chi connectivity index (χ0n) is 10.4. The van der Waals surface area contributed by atoms with Gasteiger partial charge < -0.3 is 20.2 Å². The van der Waals surface area contributed by atoms with E-state index in [4.69, 9.17) is 5.11 Å². The number of para-hydroxylation sites is 1. The first-order valence-corrected chi connectivity index (χ1v) is 5.92. The van der Waals surface area contributed by atoms with Crippen molar-refractivity contribution < 1.29 is 24.9 Å². The molecule has 0 bridgehead atoms. The first-order chi connectivity index (χ1) is 8.91. The Morgan fingerprint density at radius 1 is 1.37 bits per heavy atom. The molecule has 1 saturated heterocycles. The van der Waals surface area contributed by atoms with Crippen LogP contribution in [0.25, 0.3) is 0 Å². The molecule has 1 fully saturated rings. The molecule has 0 aromatic heterocycles. The van der Waals surface area contributed by atoms with Gasteiger partial charge in [0.2, 0.25) is 0 Å². The Labute approximate surface area is 109 Å². The van der Waals surface area contributed by atoms with E-state index in [9.17, 15) is 19.8 Å². The molecule has 6 heteroatoms. The van der Waals surface area contributed by atoms with E-state index >= 15 is 0 Å². The third-order valence-electron chi connectivity index (χ3n) is 3.29. The second-order valence-corrected chi connectivity index (χ2v) is 4.67. The Morgan fingerprint density at radius 2 is 2.05 bits per heavy atom. The molecular weight excluding hydrogens is 250 g/mol. The lowest BCUT2D eigenvalue weighted by molar-refractivity contribution is -0.141.